The second-order valence-corrected chi connectivity index (χ2v) is 10.6. The van der Waals surface area contributed by atoms with E-state index in [0.717, 1.165) is 31.4 Å². The van der Waals surface area contributed by atoms with Gasteiger partial charge in [-0.25, -0.2) is 22.2 Å². The minimum absolute atomic E-state index is 0.163. The zero-order chi connectivity index (χ0) is 23.6. The number of esters is 1. The summed E-state index contributed by atoms with van der Waals surface area (Å²) in [6.07, 6.45) is 3.55. The number of sulfonamides is 1. The topological polar surface area (TPSA) is 111 Å². The van der Waals surface area contributed by atoms with Crippen LogP contribution in [0.25, 0.3) is 0 Å². The number of benzene rings is 1. The van der Waals surface area contributed by atoms with E-state index in [1.807, 2.05) is 6.07 Å². The van der Waals surface area contributed by atoms with E-state index in [1.165, 1.54) is 10.4 Å². The molecule has 33 heavy (non-hydrogen) atoms. The quantitative estimate of drug-likeness (QED) is 0.488. The van der Waals surface area contributed by atoms with Gasteiger partial charge < -0.3 is 10.1 Å². The van der Waals surface area contributed by atoms with Gasteiger partial charge in [0.1, 0.15) is 5.82 Å². The van der Waals surface area contributed by atoms with E-state index >= 15 is 0 Å². The highest BCUT2D eigenvalue weighted by atomic mass is 35.5. The number of ether oxygens (including phenoxy) is 1. The third kappa shape index (κ3) is 5.01. The Bertz CT molecular complexity index is 1140. The molecule has 0 atom stereocenters. The first-order valence-electron chi connectivity index (χ1n) is 11.1. The molecule has 1 aromatic heterocycles. The van der Waals surface area contributed by atoms with E-state index in [0.29, 0.717) is 30.5 Å². The minimum Gasteiger partial charge on any atom is -0.459 e. The Hall–Kier alpha value is -2.59. The summed E-state index contributed by atoms with van der Waals surface area (Å²) in [6, 6.07) is 8.15. The molecule has 2 aromatic rings. The summed E-state index contributed by atoms with van der Waals surface area (Å²) in [6.45, 7) is 3.11. The monoisotopic (exact) mass is 494 g/mol. The molecular formula is C22H27ClN4O5S. The number of fused-ring (bicyclic) bond motifs is 1. The van der Waals surface area contributed by atoms with Crippen LogP contribution >= 0.6 is 11.6 Å². The van der Waals surface area contributed by atoms with Crippen LogP contribution in [0, 0.1) is 5.92 Å². The molecule has 0 unspecified atom stereocenters. The Morgan fingerprint density at radius 3 is 2.64 bits per heavy atom. The van der Waals surface area contributed by atoms with Gasteiger partial charge in [-0.05, 0) is 56.7 Å². The van der Waals surface area contributed by atoms with Crippen LogP contribution in [0.15, 0.2) is 35.2 Å². The molecule has 0 saturated heterocycles. The maximum Gasteiger partial charge on any atom is 0.396 e. The number of rotatable bonds is 6. The molecule has 11 heteroatoms. The number of nitrogens with zero attached hydrogens (tertiary/aromatic N) is 3. The van der Waals surface area contributed by atoms with Gasteiger partial charge in [0.15, 0.2) is 0 Å². The predicted molar refractivity (Wildman–Crippen MR) is 123 cm³/mol. The number of aromatic nitrogens is 2. The molecule has 9 nitrogen and oxygen atoms in total. The Labute approximate surface area is 198 Å². The number of hydrogen-bond donors (Lipinski definition) is 1. The van der Waals surface area contributed by atoms with Crippen LogP contribution in [0.1, 0.15) is 44.2 Å². The van der Waals surface area contributed by atoms with E-state index in [2.05, 4.69) is 10.4 Å². The third-order valence-electron chi connectivity index (χ3n) is 6.21. The van der Waals surface area contributed by atoms with Crippen molar-refractivity contribution in [2.24, 2.45) is 5.92 Å². The third-order valence-corrected chi connectivity index (χ3v) is 8.24. The number of anilines is 1. The Balaban J connectivity index is 1.37. The van der Waals surface area contributed by atoms with Crippen LogP contribution < -0.4 is 9.62 Å². The molecule has 1 aliphatic heterocycles. The van der Waals surface area contributed by atoms with Gasteiger partial charge in [-0.3, -0.25) is 4.79 Å². The molecule has 2 heterocycles. The molecule has 2 aliphatic rings. The molecule has 4 rings (SSSR count). The van der Waals surface area contributed by atoms with Gasteiger partial charge in [0.05, 0.1) is 30.3 Å². The van der Waals surface area contributed by atoms with E-state index in [9.17, 15) is 18.0 Å². The van der Waals surface area contributed by atoms with Crippen molar-refractivity contribution in [1.82, 2.24) is 15.1 Å². The SMILES string of the molecule is CCOC(=O)C(=O)NCC1CCC(c2cc3n(n2)CCN3S(=O)(=O)c2cccc(Cl)c2)CC1. The highest BCUT2D eigenvalue weighted by Gasteiger charge is 2.34. The first-order chi connectivity index (χ1) is 15.8. The van der Waals surface area contributed by atoms with Crippen LogP contribution in [0.4, 0.5) is 5.82 Å². The first kappa shape index (κ1) is 23.6. The number of carbonyl (C=O) groups excluding carboxylic acids is 2. The lowest BCUT2D eigenvalue weighted by Gasteiger charge is -2.27. The average Bonchev–Trinajstić information content (AvgIpc) is 3.39. The van der Waals surface area contributed by atoms with Gasteiger partial charge in [-0.2, -0.15) is 5.10 Å². The summed E-state index contributed by atoms with van der Waals surface area (Å²) in [5.41, 5.74) is 0.894. The van der Waals surface area contributed by atoms with Gasteiger partial charge >= 0.3 is 11.9 Å². The van der Waals surface area contributed by atoms with Crippen LogP contribution in [-0.4, -0.2) is 49.8 Å². The Kier molecular flexibility index (Phi) is 6.94. The van der Waals surface area contributed by atoms with Crippen LogP contribution in [-0.2, 0) is 30.9 Å². The Morgan fingerprint density at radius 2 is 1.94 bits per heavy atom. The van der Waals surface area contributed by atoms with Gasteiger partial charge in [-0.15, -0.1) is 0 Å². The van der Waals surface area contributed by atoms with Gasteiger partial charge in [0.2, 0.25) is 0 Å². The number of amides is 1. The lowest BCUT2D eigenvalue weighted by Crippen LogP contribution is -2.36. The smallest absolute Gasteiger partial charge is 0.396 e. The summed E-state index contributed by atoms with van der Waals surface area (Å²) >= 11 is 6.00. The van der Waals surface area contributed by atoms with Gasteiger partial charge in [0.25, 0.3) is 10.0 Å². The summed E-state index contributed by atoms with van der Waals surface area (Å²) in [5, 5.41) is 7.71. The van der Waals surface area contributed by atoms with E-state index in [-0.39, 0.29) is 23.3 Å². The van der Waals surface area contributed by atoms with Gasteiger partial charge in [-0.1, -0.05) is 17.7 Å². The normalized spacial score (nSPS) is 20.4. The van der Waals surface area contributed by atoms with Crippen molar-refractivity contribution >= 4 is 39.3 Å². The zero-order valence-corrected chi connectivity index (χ0v) is 19.9. The van der Waals surface area contributed by atoms with Crippen molar-refractivity contribution in [3.63, 3.8) is 0 Å². The van der Waals surface area contributed by atoms with E-state index < -0.39 is 21.9 Å². The molecule has 1 N–H and O–H groups in total. The summed E-state index contributed by atoms with van der Waals surface area (Å²) in [5.74, 6) is -0.458. The Morgan fingerprint density at radius 1 is 1.18 bits per heavy atom. The molecule has 1 aromatic carbocycles. The lowest BCUT2D eigenvalue weighted by molar-refractivity contribution is -0.154. The average molecular weight is 495 g/mol. The standard InChI is InChI=1S/C22H27ClN4O5S/c1-2-32-22(29)21(28)24-14-15-6-8-16(9-7-15)19-13-20-26(25-19)10-11-27(20)33(30,31)18-5-3-4-17(23)12-18/h3-5,12-13,15-16H,2,6-11,14H2,1H3,(H,24,28). The van der Waals surface area contributed by atoms with Crippen LogP contribution in [0.2, 0.25) is 5.02 Å². The molecule has 1 amide bonds. The first-order valence-corrected chi connectivity index (χ1v) is 12.9. The van der Waals surface area contributed by atoms with E-state index in [4.69, 9.17) is 16.3 Å². The largest absolute Gasteiger partial charge is 0.459 e. The van der Waals surface area contributed by atoms with Crippen molar-refractivity contribution in [3.05, 3.63) is 41.0 Å². The summed E-state index contributed by atoms with van der Waals surface area (Å²) < 4.78 is 34.2. The van der Waals surface area contributed by atoms with Crippen molar-refractivity contribution in [2.75, 3.05) is 24.0 Å². The maximum atomic E-state index is 13.2. The lowest BCUT2D eigenvalue weighted by atomic mass is 9.80. The maximum absolute atomic E-state index is 13.2. The predicted octanol–water partition coefficient (Wildman–Crippen LogP) is 2.70. The molecule has 178 valence electrons. The van der Waals surface area contributed by atoms with Gasteiger partial charge in [0, 0.05) is 23.6 Å². The molecular weight excluding hydrogens is 468 g/mol. The highest BCUT2D eigenvalue weighted by molar-refractivity contribution is 7.92. The number of halogens is 1. The summed E-state index contributed by atoms with van der Waals surface area (Å²) in [7, 11) is -3.72. The molecule has 1 fully saturated rings. The fraction of sp³-hybridized carbons (Fsp3) is 0.500. The van der Waals surface area contributed by atoms with Crippen molar-refractivity contribution in [2.45, 2.75) is 50.0 Å². The molecule has 0 radical (unpaired) electrons. The number of nitrogens with one attached hydrogen (secondary N) is 1. The molecule has 1 aliphatic carbocycles. The molecule has 0 spiro atoms. The fourth-order valence-electron chi connectivity index (χ4n) is 4.46. The second-order valence-electron chi connectivity index (χ2n) is 8.33. The highest BCUT2D eigenvalue weighted by Crippen LogP contribution is 2.38. The fourth-order valence-corrected chi connectivity index (χ4v) is 6.21. The van der Waals surface area contributed by atoms with E-state index in [1.54, 1.807) is 29.8 Å². The van der Waals surface area contributed by atoms with Crippen molar-refractivity contribution in [1.29, 1.82) is 0 Å². The summed E-state index contributed by atoms with van der Waals surface area (Å²) in [4.78, 5) is 23.3. The minimum atomic E-state index is -3.72. The number of carbonyl (C=O) groups is 2. The second kappa shape index (κ2) is 9.72. The number of hydrogen-bond acceptors (Lipinski definition) is 6. The van der Waals surface area contributed by atoms with Crippen molar-refractivity contribution in [3.8, 4) is 0 Å². The molecule has 1 saturated carbocycles. The molecule has 0 bridgehead atoms. The zero-order valence-electron chi connectivity index (χ0n) is 18.4. The van der Waals surface area contributed by atoms with Crippen LogP contribution in [0.3, 0.4) is 0 Å². The van der Waals surface area contributed by atoms with Crippen LogP contribution in [0.5, 0.6) is 0 Å². The van der Waals surface area contributed by atoms with Crippen molar-refractivity contribution < 1.29 is 22.7 Å².